The number of hydrogen-bond donors (Lipinski definition) is 2. The van der Waals surface area contributed by atoms with Crippen LogP contribution in [0.5, 0.6) is 0 Å². The fraction of sp³-hybridized carbons (Fsp3) is 0.0588. The average Bonchev–Trinajstić information content (AvgIpc) is 3.20. The number of aryl methyl sites for hydroxylation is 1. The predicted octanol–water partition coefficient (Wildman–Crippen LogP) is 3.96. The van der Waals surface area contributed by atoms with E-state index in [1.165, 1.54) is 22.7 Å². The highest BCUT2D eigenvalue weighted by atomic mass is 32.1. The molecule has 4 aromatic rings. The van der Waals surface area contributed by atoms with E-state index in [0.29, 0.717) is 15.7 Å². The molecule has 3 N–H and O–H groups in total. The van der Waals surface area contributed by atoms with Crippen LogP contribution < -0.4 is 11.1 Å². The Morgan fingerprint density at radius 1 is 1.08 bits per heavy atom. The van der Waals surface area contributed by atoms with Crippen molar-refractivity contribution in [2.24, 2.45) is 0 Å². The number of rotatable bonds is 3. The Bertz CT molecular complexity index is 1070. The van der Waals surface area contributed by atoms with Crippen molar-refractivity contribution < 1.29 is 4.79 Å². The first kappa shape index (κ1) is 15.7. The molecule has 8 heteroatoms. The lowest BCUT2D eigenvalue weighted by molar-refractivity contribution is 0.103. The molecule has 0 bridgehead atoms. The summed E-state index contributed by atoms with van der Waals surface area (Å²) in [7, 11) is 0. The SMILES string of the molecule is Cc1ccc2c(N)c(C(=O)Nc3nnc(-c4ccccc4)s3)sc2n1. The van der Waals surface area contributed by atoms with Crippen molar-refractivity contribution in [3.63, 3.8) is 0 Å². The van der Waals surface area contributed by atoms with Gasteiger partial charge in [-0.2, -0.15) is 0 Å². The van der Waals surface area contributed by atoms with Gasteiger partial charge in [0.05, 0.1) is 5.69 Å². The van der Waals surface area contributed by atoms with Crippen LogP contribution in [-0.2, 0) is 0 Å². The van der Waals surface area contributed by atoms with Gasteiger partial charge in [-0.25, -0.2) is 4.98 Å². The summed E-state index contributed by atoms with van der Waals surface area (Å²) < 4.78 is 0. The standard InChI is InChI=1S/C17H13N5OS2/c1-9-7-8-11-12(18)13(24-16(11)19-9)14(23)20-17-22-21-15(25-17)10-5-3-2-4-6-10/h2-8H,18H2,1H3,(H,20,22,23). The van der Waals surface area contributed by atoms with Gasteiger partial charge in [-0.15, -0.1) is 21.5 Å². The first-order valence-corrected chi connectivity index (χ1v) is 9.11. The third-order valence-electron chi connectivity index (χ3n) is 3.61. The molecule has 0 spiro atoms. The Balaban J connectivity index is 1.60. The summed E-state index contributed by atoms with van der Waals surface area (Å²) in [6, 6.07) is 13.5. The van der Waals surface area contributed by atoms with E-state index in [1.807, 2.05) is 49.4 Å². The molecule has 1 amide bonds. The molecule has 0 aliphatic carbocycles. The molecule has 0 fully saturated rings. The molecule has 124 valence electrons. The van der Waals surface area contributed by atoms with Gasteiger partial charge in [-0.1, -0.05) is 41.7 Å². The van der Waals surface area contributed by atoms with Crippen LogP contribution in [0.3, 0.4) is 0 Å². The van der Waals surface area contributed by atoms with Crippen molar-refractivity contribution in [1.82, 2.24) is 15.2 Å². The number of nitrogen functional groups attached to an aromatic ring is 1. The minimum atomic E-state index is -0.297. The smallest absolute Gasteiger partial charge is 0.269 e. The minimum Gasteiger partial charge on any atom is -0.397 e. The van der Waals surface area contributed by atoms with Crippen LogP contribution in [0.15, 0.2) is 42.5 Å². The zero-order chi connectivity index (χ0) is 17.4. The van der Waals surface area contributed by atoms with Crippen LogP contribution in [0.25, 0.3) is 20.8 Å². The van der Waals surface area contributed by atoms with E-state index < -0.39 is 0 Å². The Hall–Kier alpha value is -2.84. The second kappa shape index (κ2) is 6.23. The number of benzene rings is 1. The summed E-state index contributed by atoms with van der Waals surface area (Å²) >= 11 is 2.60. The van der Waals surface area contributed by atoms with Crippen molar-refractivity contribution in [3.8, 4) is 10.6 Å². The average molecular weight is 367 g/mol. The van der Waals surface area contributed by atoms with Crippen LogP contribution in [0.1, 0.15) is 15.4 Å². The Morgan fingerprint density at radius 2 is 1.88 bits per heavy atom. The summed E-state index contributed by atoms with van der Waals surface area (Å²) in [6.07, 6.45) is 0. The molecule has 0 radical (unpaired) electrons. The van der Waals surface area contributed by atoms with Gasteiger partial charge in [-0.3, -0.25) is 10.1 Å². The van der Waals surface area contributed by atoms with Gasteiger partial charge >= 0.3 is 0 Å². The van der Waals surface area contributed by atoms with Crippen LogP contribution >= 0.6 is 22.7 Å². The number of nitrogens with zero attached hydrogens (tertiary/aromatic N) is 3. The molecule has 3 heterocycles. The number of anilines is 2. The van der Waals surface area contributed by atoms with Crippen molar-refractivity contribution in [2.75, 3.05) is 11.1 Å². The van der Waals surface area contributed by atoms with E-state index in [0.717, 1.165) is 26.5 Å². The van der Waals surface area contributed by atoms with Crippen molar-refractivity contribution in [1.29, 1.82) is 0 Å². The van der Waals surface area contributed by atoms with Crippen LogP contribution in [0.2, 0.25) is 0 Å². The third kappa shape index (κ3) is 2.97. The number of amides is 1. The number of nitrogens with two attached hydrogens (primary N) is 1. The lowest BCUT2D eigenvalue weighted by Gasteiger charge is -1.99. The monoisotopic (exact) mass is 367 g/mol. The first-order valence-electron chi connectivity index (χ1n) is 7.48. The van der Waals surface area contributed by atoms with Crippen molar-refractivity contribution in [2.45, 2.75) is 6.92 Å². The maximum Gasteiger partial charge on any atom is 0.269 e. The van der Waals surface area contributed by atoms with E-state index in [2.05, 4.69) is 20.5 Å². The first-order chi connectivity index (χ1) is 12.1. The van der Waals surface area contributed by atoms with Crippen LogP contribution in [-0.4, -0.2) is 21.1 Å². The van der Waals surface area contributed by atoms with E-state index in [-0.39, 0.29) is 5.91 Å². The molecule has 6 nitrogen and oxygen atoms in total. The molecule has 0 aliphatic rings. The topological polar surface area (TPSA) is 93.8 Å². The zero-order valence-corrected chi connectivity index (χ0v) is 14.8. The van der Waals surface area contributed by atoms with Crippen molar-refractivity contribution >= 4 is 49.6 Å². The largest absolute Gasteiger partial charge is 0.397 e. The van der Waals surface area contributed by atoms with Gasteiger partial charge in [-0.05, 0) is 19.1 Å². The molecule has 4 rings (SSSR count). The molecular weight excluding hydrogens is 354 g/mol. The number of aromatic nitrogens is 3. The second-order valence-electron chi connectivity index (χ2n) is 5.38. The maximum atomic E-state index is 12.6. The van der Waals surface area contributed by atoms with Crippen molar-refractivity contribution in [3.05, 3.63) is 53.0 Å². The number of nitrogens with one attached hydrogen (secondary N) is 1. The number of thiophene rings is 1. The lowest BCUT2D eigenvalue weighted by Crippen LogP contribution is -2.11. The maximum absolute atomic E-state index is 12.6. The third-order valence-corrected chi connectivity index (χ3v) is 5.61. The summed E-state index contributed by atoms with van der Waals surface area (Å²) in [6.45, 7) is 1.90. The van der Waals surface area contributed by atoms with E-state index in [4.69, 9.17) is 5.73 Å². The molecule has 1 aromatic carbocycles. The second-order valence-corrected chi connectivity index (χ2v) is 7.36. The summed E-state index contributed by atoms with van der Waals surface area (Å²) in [5.41, 5.74) is 8.41. The van der Waals surface area contributed by atoms with Gasteiger partial charge in [0, 0.05) is 16.6 Å². The quantitative estimate of drug-likeness (QED) is 0.572. The molecule has 0 unspecified atom stereocenters. The normalized spacial score (nSPS) is 10.9. The summed E-state index contributed by atoms with van der Waals surface area (Å²) in [5, 5.41) is 12.9. The predicted molar refractivity (Wildman–Crippen MR) is 102 cm³/mol. The summed E-state index contributed by atoms with van der Waals surface area (Å²) in [5.74, 6) is -0.297. The molecule has 0 saturated carbocycles. The molecular formula is C17H13N5OS2. The Morgan fingerprint density at radius 3 is 2.68 bits per heavy atom. The molecule has 25 heavy (non-hydrogen) atoms. The minimum absolute atomic E-state index is 0.297. The highest BCUT2D eigenvalue weighted by Gasteiger charge is 2.19. The molecule has 0 atom stereocenters. The fourth-order valence-electron chi connectivity index (χ4n) is 2.38. The number of pyridine rings is 1. The van der Waals surface area contributed by atoms with E-state index in [1.54, 1.807) is 0 Å². The number of hydrogen-bond acceptors (Lipinski definition) is 7. The molecule has 3 aromatic heterocycles. The highest BCUT2D eigenvalue weighted by molar-refractivity contribution is 7.21. The van der Waals surface area contributed by atoms with Crippen LogP contribution in [0, 0.1) is 6.92 Å². The van der Waals surface area contributed by atoms with Gasteiger partial charge < -0.3 is 5.73 Å². The van der Waals surface area contributed by atoms with Gasteiger partial charge in [0.15, 0.2) is 0 Å². The van der Waals surface area contributed by atoms with Crippen LogP contribution in [0.4, 0.5) is 10.8 Å². The number of carbonyl (C=O) groups excluding carboxylic acids is 1. The van der Waals surface area contributed by atoms with Gasteiger partial charge in [0.25, 0.3) is 5.91 Å². The fourth-order valence-corrected chi connectivity index (χ4v) is 4.16. The molecule has 0 aliphatic heterocycles. The number of carbonyl (C=O) groups is 1. The number of fused-ring (bicyclic) bond motifs is 1. The summed E-state index contributed by atoms with van der Waals surface area (Å²) in [4.78, 5) is 18.2. The zero-order valence-electron chi connectivity index (χ0n) is 13.2. The van der Waals surface area contributed by atoms with Gasteiger partial charge in [0.2, 0.25) is 5.13 Å². The Labute approximate surface area is 151 Å². The lowest BCUT2D eigenvalue weighted by atomic mass is 10.2. The van der Waals surface area contributed by atoms with E-state index >= 15 is 0 Å². The van der Waals surface area contributed by atoms with E-state index in [9.17, 15) is 4.79 Å². The molecule has 0 saturated heterocycles. The highest BCUT2D eigenvalue weighted by Crippen LogP contribution is 2.33. The van der Waals surface area contributed by atoms with Gasteiger partial charge in [0.1, 0.15) is 14.7 Å². The Kier molecular flexibility index (Phi) is 3.90.